The van der Waals surface area contributed by atoms with Gasteiger partial charge in [-0.2, -0.15) is 0 Å². The van der Waals surface area contributed by atoms with Crippen LogP contribution in [0.1, 0.15) is 19.0 Å². The Kier molecular flexibility index (Phi) is 4.86. The second-order valence-electron chi connectivity index (χ2n) is 5.78. The fraction of sp³-hybridized carbons (Fsp3) is 0.375. The number of halogens is 3. The van der Waals surface area contributed by atoms with E-state index in [9.17, 15) is 4.79 Å². The van der Waals surface area contributed by atoms with Crippen molar-refractivity contribution in [3.8, 4) is 16.3 Å². The van der Waals surface area contributed by atoms with Crippen molar-refractivity contribution in [1.29, 1.82) is 0 Å². The molecule has 1 aliphatic rings. The molecule has 0 spiro atoms. The van der Waals surface area contributed by atoms with Crippen LogP contribution < -0.4 is 4.74 Å². The Morgan fingerprint density at radius 2 is 2.17 bits per heavy atom. The monoisotopic (exact) mass is 449 g/mol. The van der Waals surface area contributed by atoms with Gasteiger partial charge in [0, 0.05) is 16.3 Å². The molecular formula is C16H14BrCl2NO3S. The topological polar surface area (TPSA) is 48.4 Å². The summed E-state index contributed by atoms with van der Waals surface area (Å²) in [5, 5.41) is 2.65. The van der Waals surface area contributed by atoms with Crippen LogP contribution in [0.15, 0.2) is 28.1 Å². The summed E-state index contributed by atoms with van der Waals surface area (Å²) >= 11 is 16.9. The van der Waals surface area contributed by atoms with Gasteiger partial charge < -0.3 is 9.47 Å². The molecule has 8 heteroatoms. The van der Waals surface area contributed by atoms with Gasteiger partial charge in [-0.3, -0.25) is 4.79 Å². The number of carbonyl (C=O) groups excluding carboxylic acids is 1. The predicted octanol–water partition coefficient (Wildman–Crippen LogP) is 5.21. The maximum atomic E-state index is 12.1. The average molecular weight is 451 g/mol. The third-order valence-electron chi connectivity index (χ3n) is 4.00. The molecule has 0 bridgehead atoms. The Morgan fingerprint density at radius 1 is 1.46 bits per heavy atom. The van der Waals surface area contributed by atoms with E-state index in [1.54, 1.807) is 14.0 Å². The van der Waals surface area contributed by atoms with Crippen molar-refractivity contribution in [3.63, 3.8) is 0 Å². The number of esters is 1. The van der Waals surface area contributed by atoms with Crippen molar-refractivity contribution in [2.45, 2.75) is 24.3 Å². The third-order valence-corrected chi connectivity index (χ3v) is 6.52. The van der Waals surface area contributed by atoms with Crippen LogP contribution in [0.2, 0.25) is 0 Å². The van der Waals surface area contributed by atoms with Crippen LogP contribution in [0.25, 0.3) is 10.6 Å². The molecule has 1 fully saturated rings. The second-order valence-corrected chi connectivity index (χ2v) is 9.04. The van der Waals surface area contributed by atoms with Gasteiger partial charge in [-0.05, 0) is 25.1 Å². The standard InChI is InChI=1S/C16H14BrCl2NO3S/c1-15(8-16(15,18)19)14(21)23-6-10-7-24-13(20-10)11-5-9(17)3-4-12(11)22-2/h3-5,7H,6,8H2,1-2H3/t15-/m0/s1. The van der Waals surface area contributed by atoms with Crippen LogP contribution >= 0.6 is 50.5 Å². The first-order valence-corrected chi connectivity index (χ1v) is 9.53. The lowest BCUT2D eigenvalue weighted by Gasteiger charge is -2.10. The predicted molar refractivity (Wildman–Crippen MR) is 98.8 cm³/mol. The molecule has 2 aromatic rings. The van der Waals surface area contributed by atoms with Crippen molar-refractivity contribution in [3.05, 3.63) is 33.7 Å². The smallest absolute Gasteiger partial charge is 0.315 e. The number of ether oxygens (including phenoxy) is 2. The first-order chi connectivity index (χ1) is 11.3. The van der Waals surface area contributed by atoms with Gasteiger partial charge in [-0.25, -0.2) is 4.98 Å². The molecule has 4 nitrogen and oxygen atoms in total. The molecule has 0 unspecified atom stereocenters. The van der Waals surface area contributed by atoms with Gasteiger partial charge in [0.2, 0.25) is 0 Å². The van der Waals surface area contributed by atoms with Crippen LogP contribution in [0.4, 0.5) is 0 Å². The van der Waals surface area contributed by atoms with Crippen molar-refractivity contribution >= 4 is 56.4 Å². The highest BCUT2D eigenvalue weighted by atomic mass is 79.9. The number of rotatable bonds is 5. The lowest BCUT2D eigenvalue weighted by atomic mass is 10.1. The van der Waals surface area contributed by atoms with Gasteiger partial charge in [-0.15, -0.1) is 34.5 Å². The van der Waals surface area contributed by atoms with Crippen molar-refractivity contribution in [2.24, 2.45) is 5.41 Å². The van der Waals surface area contributed by atoms with Crippen molar-refractivity contribution in [2.75, 3.05) is 7.11 Å². The SMILES string of the molecule is COc1ccc(Br)cc1-c1nc(COC(=O)[C@]2(C)CC2(Cl)Cl)cs1. The van der Waals surface area contributed by atoms with Crippen LogP contribution in [-0.4, -0.2) is 22.4 Å². The normalized spacial score (nSPS) is 21.4. The number of nitrogens with zero attached hydrogens (tertiary/aromatic N) is 1. The summed E-state index contributed by atoms with van der Waals surface area (Å²) in [7, 11) is 1.62. The van der Waals surface area contributed by atoms with Crippen LogP contribution in [0.3, 0.4) is 0 Å². The summed E-state index contributed by atoms with van der Waals surface area (Å²) in [5.74, 6) is 0.331. The molecule has 1 atom stereocenters. The molecule has 128 valence electrons. The van der Waals surface area contributed by atoms with Crippen molar-refractivity contribution in [1.82, 2.24) is 4.98 Å². The first kappa shape index (κ1) is 18.0. The van der Waals surface area contributed by atoms with Gasteiger partial charge in [-0.1, -0.05) is 15.9 Å². The van der Waals surface area contributed by atoms with E-state index in [0.29, 0.717) is 12.1 Å². The number of hydrogen-bond acceptors (Lipinski definition) is 5. The first-order valence-electron chi connectivity index (χ1n) is 7.10. The van der Waals surface area contributed by atoms with Gasteiger partial charge >= 0.3 is 5.97 Å². The summed E-state index contributed by atoms with van der Waals surface area (Å²) in [6.45, 7) is 1.79. The molecule has 1 saturated carbocycles. The Morgan fingerprint density at radius 3 is 2.79 bits per heavy atom. The minimum Gasteiger partial charge on any atom is -0.496 e. The molecule has 1 heterocycles. The van der Waals surface area contributed by atoms with Gasteiger partial charge in [0.15, 0.2) is 0 Å². The largest absolute Gasteiger partial charge is 0.496 e. The van der Waals surface area contributed by atoms with E-state index in [-0.39, 0.29) is 6.61 Å². The number of alkyl halides is 2. The molecule has 0 radical (unpaired) electrons. The zero-order valence-corrected chi connectivity index (χ0v) is 16.9. The van der Waals surface area contributed by atoms with E-state index in [4.69, 9.17) is 32.7 Å². The molecule has 1 aromatic heterocycles. The number of benzene rings is 1. The lowest BCUT2D eigenvalue weighted by molar-refractivity contribution is -0.151. The third kappa shape index (κ3) is 3.29. The molecule has 0 saturated heterocycles. The zero-order valence-electron chi connectivity index (χ0n) is 12.9. The average Bonchev–Trinajstić information content (AvgIpc) is 2.90. The molecule has 1 aliphatic carbocycles. The Labute approximate surface area is 162 Å². The highest BCUT2D eigenvalue weighted by Gasteiger charge is 2.69. The zero-order chi connectivity index (χ0) is 17.5. The Balaban J connectivity index is 1.71. The number of carbonyl (C=O) groups is 1. The van der Waals surface area contributed by atoms with Crippen LogP contribution in [-0.2, 0) is 16.1 Å². The number of aromatic nitrogens is 1. The summed E-state index contributed by atoms with van der Waals surface area (Å²) < 4.78 is 10.6. The molecule has 3 rings (SSSR count). The minimum atomic E-state index is -1.03. The summed E-state index contributed by atoms with van der Waals surface area (Å²) in [4.78, 5) is 16.6. The second kappa shape index (κ2) is 6.48. The molecule has 0 amide bonds. The van der Waals surface area contributed by atoms with Gasteiger partial charge in [0.1, 0.15) is 27.1 Å². The Hall–Kier alpha value is -0.820. The number of hydrogen-bond donors (Lipinski definition) is 0. The number of methoxy groups -OCH3 is 1. The highest BCUT2D eigenvalue weighted by Crippen LogP contribution is 2.64. The van der Waals surface area contributed by atoms with E-state index < -0.39 is 15.7 Å². The number of thiazole rings is 1. The highest BCUT2D eigenvalue weighted by molar-refractivity contribution is 9.10. The summed E-state index contributed by atoms with van der Waals surface area (Å²) in [6.07, 6.45) is 0.402. The molecular weight excluding hydrogens is 437 g/mol. The maximum absolute atomic E-state index is 12.1. The van der Waals surface area contributed by atoms with E-state index in [1.807, 2.05) is 23.6 Å². The fourth-order valence-corrected chi connectivity index (χ4v) is 4.14. The van der Waals surface area contributed by atoms with Crippen molar-refractivity contribution < 1.29 is 14.3 Å². The summed E-state index contributed by atoms with van der Waals surface area (Å²) in [5.41, 5.74) is 0.719. The molecule has 24 heavy (non-hydrogen) atoms. The van der Waals surface area contributed by atoms with Crippen LogP contribution in [0.5, 0.6) is 5.75 Å². The van der Waals surface area contributed by atoms with E-state index in [2.05, 4.69) is 20.9 Å². The quantitative estimate of drug-likeness (QED) is 0.463. The molecule has 0 aliphatic heterocycles. The lowest BCUT2D eigenvalue weighted by Crippen LogP contribution is -2.21. The summed E-state index contributed by atoms with van der Waals surface area (Å²) in [6, 6.07) is 5.71. The van der Waals surface area contributed by atoms with Crippen LogP contribution in [0, 0.1) is 5.41 Å². The van der Waals surface area contributed by atoms with Gasteiger partial charge in [0.05, 0.1) is 18.4 Å². The Bertz CT molecular complexity index is 795. The van der Waals surface area contributed by atoms with E-state index >= 15 is 0 Å². The molecule has 1 aromatic carbocycles. The van der Waals surface area contributed by atoms with Gasteiger partial charge in [0.25, 0.3) is 0 Å². The van der Waals surface area contributed by atoms with E-state index in [0.717, 1.165) is 20.8 Å². The maximum Gasteiger partial charge on any atom is 0.315 e. The van der Waals surface area contributed by atoms with E-state index in [1.165, 1.54) is 11.3 Å². The fourth-order valence-electron chi connectivity index (χ4n) is 2.26. The minimum absolute atomic E-state index is 0.0884. The molecule has 0 N–H and O–H groups in total.